The van der Waals surface area contributed by atoms with E-state index in [1.807, 2.05) is 0 Å². The number of rotatable bonds is 1. The zero-order valence-electron chi connectivity index (χ0n) is 6.62. The minimum absolute atomic E-state index is 0.179. The van der Waals surface area contributed by atoms with Crippen LogP contribution in [0.1, 0.15) is 6.60 Å². The molecule has 1 aromatic rings. The van der Waals surface area contributed by atoms with E-state index in [0.717, 1.165) is 0 Å². The molecule has 0 saturated heterocycles. The summed E-state index contributed by atoms with van der Waals surface area (Å²) in [7, 11) is 0. The summed E-state index contributed by atoms with van der Waals surface area (Å²) in [6, 6.07) is 0. The van der Waals surface area contributed by atoms with Gasteiger partial charge in [-0.15, -0.1) is 0 Å². The first kappa shape index (κ1) is 12.8. The molecule has 0 unspecified atom stereocenters. The van der Waals surface area contributed by atoms with E-state index in [9.17, 15) is 22.0 Å². The van der Waals surface area contributed by atoms with Gasteiger partial charge in [-0.2, -0.15) is 0 Å². The molecule has 0 atom stereocenters. The summed E-state index contributed by atoms with van der Waals surface area (Å²) in [4.78, 5) is 0. The Morgan fingerprint density at radius 2 is 0.929 bits per heavy atom. The van der Waals surface area contributed by atoms with Crippen molar-refractivity contribution in [3.05, 3.63) is 34.6 Å². The van der Waals surface area contributed by atoms with Gasteiger partial charge in [-0.3, -0.25) is 0 Å². The summed E-state index contributed by atoms with van der Waals surface area (Å²) >= 11 is 0.358. The summed E-state index contributed by atoms with van der Waals surface area (Å²) in [6.45, 7) is 0. The van der Waals surface area contributed by atoms with Crippen LogP contribution in [-0.2, 0) is 0 Å². The van der Waals surface area contributed by atoms with Gasteiger partial charge >= 0.3 is 109 Å². The van der Waals surface area contributed by atoms with E-state index in [4.69, 9.17) is 0 Å². The van der Waals surface area contributed by atoms with Crippen LogP contribution in [0.25, 0.3) is 0 Å². The van der Waals surface area contributed by atoms with Crippen LogP contribution in [0.15, 0.2) is 0 Å². The van der Waals surface area contributed by atoms with Crippen LogP contribution in [0, 0.1) is 29.1 Å². The van der Waals surface area contributed by atoms with Gasteiger partial charge in [0.25, 0.3) is 0 Å². The van der Waals surface area contributed by atoms with Crippen molar-refractivity contribution in [2.75, 3.05) is 0 Å². The molecule has 0 fully saturated rings. The fraction of sp³-hybridized carbons (Fsp3) is 0.143. The van der Waals surface area contributed by atoms with Crippen molar-refractivity contribution in [2.24, 2.45) is 0 Å². The monoisotopic (exact) mass is 590 g/mol. The number of halogens is 5. The standard InChI is InChI=1S/C7HF5.2Tl/c1-2-3(8)5(10)7(12)6(11)4(2)9;;/h1H;;. The molecule has 14 heavy (non-hydrogen) atoms. The van der Waals surface area contributed by atoms with E-state index in [1.54, 1.807) is 0 Å². The first-order valence-corrected chi connectivity index (χ1v) is 8.58. The normalized spacial score (nSPS) is 10.9. The Balaban J connectivity index is 3.60. The van der Waals surface area contributed by atoms with E-state index < -0.39 is 35.7 Å². The second-order valence-corrected chi connectivity index (χ2v) is 19.7. The molecular formula is C7HF5Tl2. The summed E-state index contributed by atoms with van der Waals surface area (Å²) in [5, 5.41) is 0. The first-order chi connectivity index (χ1) is 6.37. The Morgan fingerprint density at radius 1 is 0.643 bits per heavy atom. The van der Waals surface area contributed by atoms with Crippen LogP contribution in [0.2, 0.25) is 0 Å². The van der Waals surface area contributed by atoms with Gasteiger partial charge in [-0.25, -0.2) is 0 Å². The number of hydrogen-bond acceptors (Lipinski definition) is 0. The van der Waals surface area contributed by atoms with Crippen LogP contribution >= 0.6 is 0 Å². The Kier molecular flexibility index (Phi) is 4.29. The molecule has 70 valence electrons. The fourth-order valence-electron chi connectivity index (χ4n) is 0.915. The molecule has 0 aliphatic carbocycles. The average molecular weight is 589 g/mol. The molecule has 1 rings (SSSR count). The van der Waals surface area contributed by atoms with Gasteiger partial charge in [0.05, 0.1) is 0 Å². The number of hydrogen-bond donors (Lipinski definition) is 0. The van der Waals surface area contributed by atoms with Gasteiger partial charge < -0.3 is 0 Å². The van der Waals surface area contributed by atoms with Crippen molar-refractivity contribution in [3.8, 4) is 0 Å². The van der Waals surface area contributed by atoms with Crippen LogP contribution in [0.3, 0.4) is 0 Å². The van der Waals surface area contributed by atoms with Crippen molar-refractivity contribution in [1.29, 1.82) is 0 Å². The summed E-state index contributed by atoms with van der Waals surface area (Å²) in [5.74, 6) is -9.11. The molecule has 0 heterocycles. The van der Waals surface area contributed by atoms with E-state index in [0.29, 0.717) is 0 Å². The molecule has 0 radical (unpaired) electrons. The van der Waals surface area contributed by atoms with Gasteiger partial charge in [-0.05, 0) is 0 Å². The molecule has 0 bridgehead atoms. The molecule has 0 aromatic heterocycles. The molecular weight excluding hydrogens is 588 g/mol. The summed E-state index contributed by atoms with van der Waals surface area (Å²) < 4.78 is 63.4. The van der Waals surface area contributed by atoms with E-state index in [1.165, 1.54) is 0 Å². The Bertz CT molecular complexity index is 348. The third-order valence-corrected chi connectivity index (χ3v) is 4.17. The number of benzene rings is 1. The predicted octanol–water partition coefficient (Wildman–Crippen LogP) is 1.72. The summed E-state index contributed by atoms with van der Waals surface area (Å²) in [6.07, 6.45) is 0. The third kappa shape index (κ3) is 2.12. The van der Waals surface area contributed by atoms with Crippen molar-refractivity contribution < 1.29 is 22.0 Å². The van der Waals surface area contributed by atoms with E-state index in [2.05, 4.69) is 0 Å². The average Bonchev–Trinajstić information content (AvgIpc) is 2.11. The van der Waals surface area contributed by atoms with Gasteiger partial charge in [0.15, 0.2) is 0 Å². The molecule has 7 heteroatoms. The second kappa shape index (κ2) is 4.70. The van der Waals surface area contributed by atoms with Gasteiger partial charge in [0, 0.05) is 0 Å². The zero-order valence-corrected chi connectivity index (χ0v) is 15.6. The molecule has 0 spiro atoms. The second-order valence-electron chi connectivity index (χ2n) is 2.51. The molecule has 0 aliphatic rings. The molecule has 1 aromatic carbocycles. The van der Waals surface area contributed by atoms with Crippen molar-refractivity contribution in [2.45, 2.75) is 1.04 Å². The van der Waals surface area contributed by atoms with Crippen molar-refractivity contribution in [3.63, 3.8) is 0 Å². The molecule has 0 saturated carbocycles. The zero-order chi connectivity index (χ0) is 11.0. The van der Waals surface area contributed by atoms with Crippen LogP contribution in [0.5, 0.6) is 0 Å². The van der Waals surface area contributed by atoms with E-state index in [-0.39, 0.29) is 51.5 Å². The molecule has 0 N–H and O–H groups in total. The van der Waals surface area contributed by atoms with Gasteiger partial charge in [-0.1, -0.05) is 0 Å². The summed E-state index contributed by atoms with van der Waals surface area (Å²) in [5.41, 5.74) is -0.628. The minimum atomic E-state index is -2.08. The van der Waals surface area contributed by atoms with Crippen molar-refractivity contribution in [1.82, 2.24) is 0 Å². The van der Waals surface area contributed by atoms with Crippen LogP contribution in [-0.4, -0.2) is 51.5 Å². The SMILES string of the molecule is Fc1c(F)c(F)c([CH]([Tl])[Tl])c(F)c1F. The Labute approximate surface area is 108 Å². The molecule has 0 aliphatic heterocycles. The molecule has 0 amide bonds. The van der Waals surface area contributed by atoms with Crippen LogP contribution in [0.4, 0.5) is 22.0 Å². The topological polar surface area (TPSA) is 0 Å². The molecule has 0 nitrogen and oxygen atoms in total. The third-order valence-electron chi connectivity index (χ3n) is 1.58. The predicted molar refractivity (Wildman–Crippen MR) is 40.5 cm³/mol. The van der Waals surface area contributed by atoms with Crippen LogP contribution < -0.4 is 0 Å². The maximum absolute atomic E-state index is 13.0. The van der Waals surface area contributed by atoms with Gasteiger partial charge in [0.2, 0.25) is 0 Å². The Hall–Kier alpha value is 0.714. The van der Waals surface area contributed by atoms with Gasteiger partial charge in [0.1, 0.15) is 0 Å². The maximum atomic E-state index is 13.0. The first-order valence-electron chi connectivity index (χ1n) is 3.40. The Morgan fingerprint density at radius 3 is 1.21 bits per heavy atom. The quantitative estimate of drug-likeness (QED) is 0.203. The fourth-order valence-corrected chi connectivity index (χ4v) is 3.19. The van der Waals surface area contributed by atoms with Crippen molar-refractivity contribution >= 4 is 51.5 Å². The van der Waals surface area contributed by atoms with E-state index >= 15 is 0 Å².